The van der Waals surface area contributed by atoms with Gasteiger partial charge in [-0.25, -0.2) is 4.98 Å². The summed E-state index contributed by atoms with van der Waals surface area (Å²) in [5.41, 5.74) is 0.440. The van der Waals surface area contributed by atoms with Gasteiger partial charge in [-0.05, 0) is 29.0 Å². The molecule has 0 aromatic carbocycles. The molecule has 0 amide bonds. The van der Waals surface area contributed by atoms with Crippen molar-refractivity contribution in [3.63, 3.8) is 0 Å². The Morgan fingerprint density at radius 1 is 1.17 bits per heavy atom. The van der Waals surface area contributed by atoms with Crippen molar-refractivity contribution in [2.75, 3.05) is 0 Å². The van der Waals surface area contributed by atoms with Crippen molar-refractivity contribution in [3.8, 4) is 10.6 Å². The summed E-state index contributed by atoms with van der Waals surface area (Å²) in [5, 5.41) is 1.83. The van der Waals surface area contributed by atoms with Crippen molar-refractivity contribution < 1.29 is 13.2 Å². The maximum absolute atomic E-state index is 12.7. The first-order valence-electron chi connectivity index (χ1n) is 5.51. The predicted octanol–water partition coefficient (Wildman–Crippen LogP) is 4.95. The topological polar surface area (TPSA) is 12.9 Å². The van der Waals surface area contributed by atoms with Crippen LogP contribution in [0.4, 0.5) is 13.2 Å². The van der Waals surface area contributed by atoms with Crippen molar-refractivity contribution in [1.82, 2.24) is 4.98 Å². The highest BCUT2D eigenvalue weighted by molar-refractivity contribution is 7.13. The second kappa shape index (κ2) is 4.72. The monoisotopic (exact) mass is 271 g/mol. The lowest BCUT2D eigenvalue weighted by Crippen LogP contribution is -2.09. The first kappa shape index (κ1) is 13.1. The van der Waals surface area contributed by atoms with Crippen LogP contribution in [-0.4, -0.2) is 4.98 Å². The summed E-state index contributed by atoms with van der Waals surface area (Å²) < 4.78 is 38.0. The number of hydrogen-bond donors (Lipinski definition) is 0. The Labute approximate surface area is 107 Å². The molecule has 0 radical (unpaired) electrons. The molecule has 0 saturated carbocycles. The molecule has 0 saturated heterocycles. The lowest BCUT2D eigenvalue weighted by molar-refractivity contribution is -0.141. The van der Waals surface area contributed by atoms with Crippen molar-refractivity contribution in [2.45, 2.75) is 25.9 Å². The molecule has 96 valence electrons. The van der Waals surface area contributed by atoms with Gasteiger partial charge in [0.25, 0.3) is 0 Å². The summed E-state index contributed by atoms with van der Waals surface area (Å²) in [6.07, 6.45) is -4.40. The summed E-state index contributed by atoms with van der Waals surface area (Å²) in [6.45, 7) is 3.89. The van der Waals surface area contributed by atoms with Gasteiger partial charge in [0.05, 0.1) is 10.6 Å². The van der Waals surface area contributed by atoms with E-state index in [-0.39, 0.29) is 5.92 Å². The molecule has 1 nitrogen and oxygen atoms in total. The molecule has 2 heterocycles. The van der Waals surface area contributed by atoms with Crippen molar-refractivity contribution in [1.29, 1.82) is 0 Å². The number of alkyl halides is 3. The second-order valence-electron chi connectivity index (χ2n) is 4.26. The molecule has 0 atom stereocenters. The largest absolute Gasteiger partial charge is 0.433 e. The average Bonchev–Trinajstić information content (AvgIpc) is 2.80. The Morgan fingerprint density at radius 2 is 1.89 bits per heavy atom. The zero-order valence-corrected chi connectivity index (χ0v) is 10.8. The van der Waals surface area contributed by atoms with E-state index in [0.29, 0.717) is 5.69 Å². The van der Waals surface area contributed by atoms with Crippen LogP contribution in [0.5, 0.6) is 0 Å². The fourth-order valence-electron chi connectivity index (χ4n) is 1.70. The molecule has 0 spiro atoms. The number of nitrogens with zero attached hydrogens (tertiary/aromatic N) is 1. The van der Waals surface area contributed by atoms with Crippen LogP contribution < -0.4 is 0 Å². The molecule has 2 aromatic rings. The van der Waals surface area contributed by atoms with Crippen LogP contribution in [0.15, 0.2) is 29.6 Å². The van der Waals surface area contributed by atoms with E-state index in [0.717, 1.165) is 16.5 Å². The number of pyridine rings is 1. The zero-order chi connectivity index (χ0) is 13.3. The van der Waals surface area contributed by atoms with Crippen LogP contribution in [-0.2, 0) is 6.18 Å². The predicted molar refractivity (Wildman–Crippen MR) is 66.6 cm³/mol. The minimum atomic E-state index is -4.40. The second-order valence-corrected chi connectivity index (χ2v) is 5.21. The lowest BCUT2D eigenvalue weighted by Gasteiger charge is -2.13. The van der Waals surface area contributed by atoms with E-state index in [1.807, 2.05) is 25.3 Å². The summed E-state index contributed by atoms with van der Waals surface area (Å²) in [6, 6.07) is 6.17. The minimum Gasteiger partial charge on any atom is -0.242 e. The summed E-state index contributed by atoms with van der Waals surface area (Å²) in [7, 11) is 0. The van der Waals surface area contributed by atoms with E-state index in [4.69, 9.17) is 0 Å². The Balaban J connectivity index is 2.59. The van der Waals surface area contributed by atoms with Gasteiger partial charge in [-0.3, -0.25) is 0 Å². The molecule has 5 heteroatoms. The van der Waals surface area contributed by atoms with Gasteiger partial charge in [0, 0.05) is 0 Å². The highest BCUT2D eigenvalue weighted by Gasteiger charge is 2.33. The van der Waals surface area contributed by atoms with E-state index in [1.54, 1.807) is 6.07 Å². The Kier molecular flexibility index (Phi) is 3.43. The molecule has 0 unspecified atom stereocenters. The van der Waals surface area contributed by atoms with Gasteiger partial charge in [0.2, 0.25) is 0 Å². The van der Waals surface area contributed by atoms with Gasteiger partial charge >= 0.3 is 6.18 Å². The molecule has 2 aromatic heterocycles. The van der Waals surface area contributed by atoms with Gasteiger partial charge in [0.15, 0.2) is 0 Å². The SMILES string of the molecule is CC(C)c1ccc(C(F)(F)F)nc1-c1cccs1. The molecule has 0 aliphatic rings. The molecular weight excluding hydrogens is 259 g/mol. The van der Waals surface area contributed by atoms with Gasteiger partial charge in [-0.2, -0.15) is 13.2 Å². The molecule has 0 aliphatic heterocycles. The lowest BCUT2D eigenvalue weighted by atomic mass is 10.00. The van der Waals surface area contributed by atoms with E-state index >= 15 is 0 Å². The third-order valence-corrected chi connectivity index (χ3v) is 3.47. The normalized spacial score (nSPS) is 12.1. The Bertz CT molecular complexity index is 530. The van der Waals surface area contributed by atoms with Crippen molar-refractivity contribution in [2.24, 2.45) is 0 Å². The van der Waals surface area contributed by atoms with Crippen LogP contribution in [0.3, 0.4) is 0 Å². The first-order chi connectivity index (χ1) is 8.39. The van der Waals surface area contributed by atoms with E-state index < -0.39 is 11.9 Å². The molecule has 0 bridgehead atoms. The van der Waals surface area contributed by atoms with E-state index in [9.17, 15) is 13.2 Å². The van der Waals surface area contributed by atoms with Crippen LogP contribution in [0.25, 0.3) is 10.6 Å². The van der Waals surface area contributed by atoms with Crippen LogP contribution >= 0.6 is 11.3 Å². The smallest absolute Gasteiger partial charge is 0.242 e. The van der Waals surface area contributed by atoms with Gasteiger partial charge in [-0.1, -0.05) is 26.0 Å². The molecule has 18 heavy (non-hydrogen) atoms. The van der Waals surface area contributed by atoms with Gasteiger partial charge in [0.1, 0.15) is 5.69 Å². The molecule has 2 rings (SSSR count). The fourth-order valence-corrected chi connectivity index (χ4v) is 2.44. The minimum absolute atomic E-state index is 0.136. The number of halogens is 3. The standard InChI is InChI=1S/C13H12F3NS/c1-8(2)9-5-6-11(13(14,15)16)17-12(9)10-4-3-7-18-10/h3-8H,1-2H3. The number of hydrogen-bond acceptors (Lipinski definition) is 2. The van der Waals surface area contributed by atoms with Gasteiger partial charge < -0.3 is 0 Å². The van der Waals surface area contributed by atoms with Crippen LogP contribution in [0.1, 0.15) is 31.0 Å². The third kappa shape index (κ3) is 2.56. The highest BCUT2D eigenvalue weighted by atomic mass is 32.1. The van der Waals surface area contributed by atoms with E-state index in [2.05, 4.69) is 4.98 Å². The van der Waals surface area contributed by atoms with Crippen LogP contribution in [0, 0.1) is 0 Å². The number of rotatable bonds is 2. The summed E-state index contributed by atoms with van der Waals surface area (Å²) in [5.74, 6) is 0.136. The maximum atomic E-state index is 12.7. The molecule has 0 N–H and O–H groups in total. The summed E-state index contributed by atoms with van der Waals surface area (Å²) in [4.78, 5) is 4.56. The fraction of sp³-hybridized carbons (Fsp3) is 0.308. The summed E-state index contributed by atoms with van der Waals surface area (Å²) >= 11 is 1.40. The first-order valence-corrected chi connectivity index (χ1v) is 6.39. The number of aromatic nitrogens is 1. The number of thiophene rings is 1. The Hall–Kier alpha value is -1.36. The quantitative estimate of drug-likeness (QED) is 0.753. The molecule has 0 aliphatic carbocycles. The van der Waals surface area contributed by atoms with Gasteiger partial charge in [-0.15, -0.1) is 11.3 Å². The Morgan fingerprint density at radius 3 is 2.39 bits per heavy atom. The zero-order valence-electron chi connectivity index (χ0n) is 9.95. The third-order valence-electron chi connectivity index (χ3n) is 2.59. The van der Waals surface area contributed by atoms with Crippen LogP contribution in [0.2, 0.25) is 0 Å². The molecular formula is C13H12F3NS. The van der Waals surface area contributed by atoms with Crippen molar-refractivity contribution >= 4 is 11.3 Å². The van der Waals surface area contributed by atoms with E-state index in [1.165, 1.54) is 17.4 Å². The average molecular weight is 271 g/mol. The van der Waals surface area contributed by atoms with Crippen molar-refractivity contribution in [3.05, 3.63) is 40.9 Å². The molecule has 0 fully saturated rings. The highest BCUT2D eigenvalue weighted by Crippen LogP contribution is 2.35. The maximum Gasteiger partial charge on any atom is 0.433 e.